The SMILES string of the molecule is CC(=O)c1ccccc1NC(=O)[C@H](C)OC(=O)C[C@@H]1Oc2ccccc2NC1=O. The second kappa shape index (κ2) is 8.55. The molecule has 2 atom stereocenters. The van der Waals surface area contributed by atoms with Gasteiger partial charge in [-0.3, -0.25) is 19.2 Å². The van der Waals surface area contributed by atoms with Crippen LogP contribution in [0.4, 0.5) is 11.4 Å². The highest BCUT2D eigenvalue weighted by atomic mass is 16.6. The van der Waals surface area contributed by atoms with Crippen molar-refractivity contribution in [2.75, 3.05) is 10.6 Å². The van der Waals surface area contributed by atoms with Crippen molar-refractivity contribution < 1.29 is 28.7 Å². The smallest absolute Gasteiger partial charge is 0.310 e. The number of ether oxygens (including phenoxy) is 2. The van der Waals surface area contributed by atoms with Crippen molar-refractivity contribution in [2.24, 2.45) is 0 Å². The summed E-state index contributed by atoms with van der Waals surface area (Å²) in [6, 6.07) is 13.4. The van der Waals surface area contributed by atoms with Crippen molar-refractivity contribution in [1.82, 2.24) is 0 Å². The van der Waals surface area contributed by atoms with E-state index in [4.69, 9.17) is 9.47 Å². The lowest BCUT2D eigenvalue weighted by molar-refractivity contribution is -0.155. The highest BCUT2D eigenvalue weighted by molar-refractivity contribution is 6.05. The number of hydrogen-bond acceptors (Lipinski definition) is 6. The molecule has 3 rings (SSSR count). The minimum atomic E-state index is -1.12. The standard InChI is InChI=1S/C21H20N2O6/c1-12(24)14-7-3-4-8-15(14)22-20(26)13(2)28-19(25)11-18-21(27)23-16-9-5-6-10-17(16)29-18/h3-10,13,18H,11H2,1-2H3,(H,22,26)(H,23,27)/t13-,18-/m0/s1. The van der Waals surface area contributed by atoms with Crippen LogP contribution in [-0.2, 0) is 19.1 Å². The number of amides is 2. The molecule has 0 saturated carbocycles. The molecule has 8 heteroatoms. The lowest BCUT2D eigenvalue weighted by atomic mass is 10.1. The Morgan fingerprint density at radius 1 is 1.14 bits per heavy atom. The lowest BCUT2D eigenvalue weighted by Crippen LogP contribution is -2.40. The van der Waals surface area contributed by atoms with Gasteiger partial charge in [-0.1, -0.05) is 24.3 Å². The van der Waals surface area contributed by atoms with E-state index < -0.39 is 30.0 Å². The number of hydrogen-bond donors (Lipinski definition) is 2. The van der Waals surface area contributed by atoms with Gasteiger partial charge in [0.15, 0.2) is 18.0 Å². The zero-order chi connectivity index (χ0) is 21.0. The van der Waals surface area contributed by atoms with Crippen molar-refractivity contribution in [3.8, 4) is 5.75 Å². The molecule has 2 amide bonds. The van der Waals surface area contributed by atoms with E-state index in [-0.39, 0.29) is 12.2 Å². The Bertz CT molecular complexity index is 971. The van der Waals surface area contributed by atoms with E-state index >= 15 is 0 Å². The summed E-state index contributed by atoms with van der Waals surface area (Å²) in [5.74, 6) is -1.56. The lowest BCUT2D eigenvalue weighted by Gasteiger charge is -2.25. The van der Waals surface area contributed by atoms with E-state index in [1.165, 1.54) is 13.8 Å². The molecule has 1 aliphatic rings. The molecule has 2 N–H and O–H groups in total. The summed E-state index contributed by atoms with van der Waals surface area (Å²) in [5.41, 5.74) is 1.21. The van der Waals surface area contributed by atoms with Gasteiger partial charge >= 0.3 is 5.97 Å². The minimum absolute atomic E-state index is 0.203. The highest BCUT2D eigenvalue weighted by Gasteiger charge is 2.31. The summed E-state index contributed by atoms with van der Waals surface area (Å²) in [6.45, 7) is 2.79. The van der Waals surface area contributed by atoms with Gasteiger partial charge in [-0.25, -0.2) is 0 Å². The number of ketones is 1. The van der Waals surface area contributed by atoms with Crippen molar-refractivity contribution in [3.05, 3.63) is 54.1 Å². The highest BCUT2D eigenvalue weighted by Crippen LogP contribution is 2.29. The molecule has 0 radical (unpaired) electrons. The molecule has 2 aromatic carbocycles. The average Bonchev–Trinajstić information content (AvgIpc) is 2.68. The van der Waals surface area contributed by atoms with Gasteiger partial charge in [0.05, 0.1) is 17.8 Å². The summed E-state index contributed by atoms with van der Waals surface area (Å²) in [6.07, 6.45) is -2.52. The number of carbonyl (C=O) groups excluding carboxylic acids is 4. The molecule has 0 unspecified atom stereocenters. The molecule has 8 nitrogen and oxygen atoms in total. The molecule has 0 aliphatic carbocycles. The Morgan fingerprint density at radius 3 is 2.59 bits per heavy atom. The van der Waals surface area contributed by atoms with Crippen LogP contribution in [0, 0.1) is 0 Å². The summed E-state index contributed by atoms with van der Waals surface area (Å²) < 4.78 is 10.7. The zero-order valence-corrected chi connectivity index (χ0v) is 15.9. The maximum absolute atomic E-state index is 12.3. The number of rotatable bonds is 6. The Labute approximate surface area is 167 Å². The van der Waals surface area contributed by atoms with E-state index in [2.05, 4.69) is 10.6 Å². The fourth-order valence-corrected chi connectivity index (χ4v) is 2.81. The normalized spacial score (nSPS) is 15.9. The van der Waals surface area contributed by atoms with Gasteiger partial charge in [0.2, 0.25) is 0 Å². The van der Waals surface area contributed by atoms with Crippen LogP contribution in [0.3, 0.4) is 0 Å². The average molecular weight is 396 g/mol. The van der Waals surface area contributed by atoms with Crippen LogP contribution in [-0.4, -0.2) is 35.8 Å². The quantitative estimate of drug-likeness (QED) is 0.573. The number of anilines is 2. The number of esters is 1. The second-order valence-electron chi connectivity index (χ2n) is 6.52. The maximum Gasteiger partial charge on any atom is 0.310 e. The predicted molar refractivity (Wildman–Crippen MR) is 105 cm³/mol. The largest absolute Gasteiger partial charge is 0.478 e. The fraction of sp³-hybridized carbons (Fsp3) is 0.238. The summed E-state index contributed by atoms with van der Waals surface area (Å²) >= 11 is 0. The summed E-state index contributed by atoms with van der Waals surface area (Å²) in [4.78, 5) is 48.3. The van der Waals surface area contributed by atoms with Gasteiger partial charge in [0.1, 0.15) is 5.75 Å². The molecule has 0 spiro atoms. The van der Waals surface area contributed by atoms with Crippen molar-refractivity contribution >= 4 is 34.9 Å². The topological polar surface area (TPSA) is 111 Å². The second-order valence-corrected chi connectivity index (χ2v) is 6.52. The van der Waals surface area contributed by atoms with Crippen LogP contribution in [0.1, 0.15) is 30.6 Å². The summed E-state index contributed by atoms with van der Waals surface area (Å²) in [7, 11) is 0. The monoisotopic (exact) mass is 396 g/mol. The van der Waals surface area contributed by atoms with Crippen molar-refractivity contribution in [3.63, 3.8) is 0 Å². The first-order valence-electron chi connectivity index (χ1n) is 9.02. The molecular formula is C21H20N2O6. The third-order valence-corrected chi connectivity index (χ3v) is 4.30. The third-order valence-electron chi connectivity index (χ3n) is 4.30. The van der Waals surface area contributed by atoms with Gasteiger partial charge in [0, 0.05) is 5.56 Å². The Balaban J connectivity index is 1.57. The first-order chi connectivity index (χ1) is 13.8. The van der Waals surface area contributed by atoms with Crippen molar-refractivity contribution in [2.45, 2.75) is 32.5 Å². The van der Waals surface area contributed by atoms with E-state index in [9.17, 15) is 19.2 Å². The number of Topliss-reactive ketones (excluding diaryl/α,β-unsaturated/α-hetero) is 1. The molecule has 0 fully saturated rings. The van der Waals surface area contributed by atoms with Gasteiger partial charge in [0.25, 0.3) is 11.8 Å². The molecule has 1 heterocycles. The molecular weight excluding hydrogens is 376 g/mol. The van der Waals surface area contributed by atoms with Gasteiger partial charge in [-0.15, -0.1) is 0 Å². The van der Waals surface area contributed by atoms with E-state index in [1.54, 1.807) is 48.5 Å². The van der Waals surface area contributed by atoms with Gasteiger partial charge in [-0.05, 0) is 38.1 Å². The third kappa shape index (κ3) is 4.78. The molecule has 2 aromatic rings. The Morgan fingerprint density at radius 2 is 1.83 bits per heavy atom. The molecule has 1 aliphatic heterocycles. The van der Waals surface area contributed by atoms with Gasteiger partial charge < -0.3 is 20.1 Å². The van der Waals surface area contributed by atoms with Crippen LogP contribution >= 0.6 is 0 Å². The van der Waals surface area contributed by atoms with E-state index in [0.717, 1.165) is 0 Å². The van der Waals surface area contributed by atoms with Crippen molar-refractivity contribution in [1.29, 1.82) is 0 Å². The molecule has 150 valence electrons. The first-order valence-corrected chi connectivity index (χ1v) is 9.02. The van der Waals surface area contributed by atoms with Crippen LogP contribution in [0.2, 0.25) is 0 Å². The Kier molecular flexibility index (Phi) is 5.92. The zero-order valence-electron chi connectivity index (χ0n) is 15.9. The number of carbonyl (C=O) groups is 4. The number of benzene rings is 2. The maximum atomic E-state index is 12.3. The van der Waals surface area contributed by atoms with E-state index in [0.29, 0.717) is 22.7 Å². The van der Waals surface area contributed by atoms with Crippen LogP contribution in [0.25, 0.3) is 0 Å². The van der Waals surface area contributed by atoms with Gasteiger partial charge in [-0.2, -0.15) is 0 Å². The Hall–Kier alpha value is -3.68. The van der Waals surface area contributed by atoms with E-state index in [1.807, 2.05) is 0 Å². The molecule has 0 aromatic heterocycles. The molecule has 0 bridgehead atoms. The molecule has 0 saturated heterocycles. The number of nitrogens with one attached hydrogen (secondary N) is 2. The number of fused-ring (bicyclic) bond motifs is 1. The van der Waals surface area contributed by atoms with Crippen LogP contribution < -0.4 is 15.4 Å². The predicted octanol–water partition coefficient (Wildman–Crippen LogP) is 2.55. The van der Waals surface area contributed by atoms with Crippen LogP contribution in [0.15, 0.2) is 48.5 Å². The minimum Gasteiger partial charge on any atom is -0.478 e. The number of para-hydroxylation sites is 3. The first kappa shape index (κ1) is 20.1. The summed E-state index contributed by atoms with van der Waals surface area (Å²) in [5, 5.41) is 5.23. The molecule has 29 heavy (non-hydrogen) atoms. The fourth-order valence-electron chi connectivity index (χ4n) is 2.81. The van der Waals surface area contributed by atoms with Crippen LogP contribution in [0.5, 0.6) is 5.75 Å².